The van der Waals surface area contributed by atoms with Gasteiger partial charge in [0.15, 0.2) is 0 Å². The number of nitrogens with zero attached hydrogens (tertiary/aromatic N) is 3. The monoisotopic (exact) mass is 369 g/mol. The molecule has 0 saturated carbocycles. The predicted octanol–water partition coefficient (Wildman–Crippen LogP) is 2.68. The molecule has 120 valence electrons. The maximum Gasteiger partial charge on any atom is 0.409 e. The minimum absolute atomic E-state index is 0.00549. The van der Waals surface area contributed by atoms with E-state index in [1.165, 1.54) is 7.11 Å². The number of aromatic nitrogens is 1. The van der Waals surface area contributed by atoms with Crippen molar-refractivity contribution in [2.24, 2.45) is 5.92 Å². The van der Waals surface area contributed by atoms with Gasteiger partial charge in [-0.1, -0.05) is 0 Å². The van der Waals surface area contributed by atoms with E-state index in [0.29, 0.717) is 25.5 Å². The first-order valence-corrected chi connectivity index (χ1v) is 8.12. The zero-order chi connectivity index (χ0) is 16.1. The normalized spacial score (nSPS) is 18.0. The molecular weight excluding hydrogens is 350 g/mol. The van der Waals surface area contributed by atoms with Crippen LogP contribution in [0.5, 0.6) is 0 Å². The predicted molar refractivity (Wildman–Crippen MR) is 86.7 cm³/mol. The van der Waals surface area contributed by atoms with Crippen molar-refractivity contribution in [2.45, 2.75) is 19.8 Å². The lowest BCUT2D eigenvalue weighted by molar-refractivity contribution is -0.123. The number of likely N-dealkylation sites (tertiary alicyclic amines) is 1. The van der Waals surface area contributed by atoms with Gasteiger partial charge in [-0.25, -0.2) is 9.78 Å². The molecule has 0 N–H and O–H groups in total. The second-order valence-corrected chi connectivity index (χ2v) is 6.09. The van der Waals surface area contributed by atoms with Crippen molar-refractivity contribution in [1.29, 1.82) is 0 Å². The fourth-order valence-corrected chi connectivity index (χ4v) is 2.89. The molecule has 1 aliphatic rings. The lowest BCUT2D eigenvalue weighted by atomic mass is 9.96. The number of rotatable bonds is 3. The third kappa shape index (κ3) is 3.76. The number of hydrogen-bond acceptors (Lipinski definition) is 4. The van der Waals surface area contributed by atoms with E-state index in [4.69, 9.17) is 4.74 Å². The largest absolute Gasteiger partial charge is 0.453 e. The summed E-state index contributed by atoms with van der Waals surface area (Å²) in [5.41, 5.74) is 0. The van der Waals surface area contributed by atoms with Gasteiger partial charge in [0.2, 0.25) is 5.91 Å². The summed E-state index contributed by atoms with van der Waals surface area (Å²) in [5, 5.41) is 0. The molecule has 0 spiro atoms. The van der Waals surface area contributed by atoms with E-state index in [2.05, 4.69) is 20.9 Å². The number of methoxy groups -OCH3 is 1. The van der Waals surface area contributed by atoms with Gasteiger partial charge in [-0.15, -0.1) is 0 Å². The Labute approximate surface area is 138 Å². The van der Waals surface area contributed by atoms with Gasteiger partial charge in [-0.2, -0.15) is 0 Å². The van der Waals surface area contributed by atoms with Crippen LogP contribution in [-0.2, 0) is 9.53 Å². The molecule has 6 nitrogen and oxygen atoms in total. The number of pyridine rings is 1. The molecular formula is C15H20BrN3O3. The highest BCUT2D eigenvalue weighted by Gasteiger charge is 2.32. The SMILES string of the molecule is CCN(C(=O)C1CCCN(C(=O)OC)C1)c1ccc(Br)cn1. The first-order chi connectivity index (χ1) is 10.6. The van der Waals surface area contributed by atoms with Gasteiger partial charge in [0.05, 0.1) is 13.0 Å². The molecule has 0 bridgehead atoms. The van der Waals surface area contributed by atoms with Crippen LogP contribution in [0.25, 0.3) is 0 Å². The summed E-state index contributed by atoms with van der Waals surface area (Å²) < 4.78 is 5.62. The molecule has 1 atom stereocenters. The number of hydrogen-bond donors (Lipinski definition) is 0. The van der Waals surface area contributed by atoms with Crippen molar-refractivity contribution in [3.63, 3.8) is 0 Å². The van der Waals surface area contributed by atoms with Gasteiger partial charge in [-0.05, 0) is 47.8 Å². The number of carbonyl (C=O) groups excluding carboxylic acids is 2. The van der Waals surface area contributed by atoms with Crippen molar-refractivity contribution in [3.8, 4) is 0 Å². The molecule has 1 aromatic heterocycles. The van der Waals surface area contributed by atoms with E-state index in [1.807, 2.05) is 19.1 Å². The molecule has 2 amide bonds. The standard InChI is InChI=1S/C15H20BrN3O3/c1-3-19(13-7-6-12(16)9-17-13)14(20)11-5-4-8-18(10-11)15(21)22-2/h6-7,9,11H,3-5,8,10H2,1-2H3. The highest BCUT2D eigenvalue weighted by Crippen LogP contribution is 2.23. The molecule has 7 heteroatoms. The summed E-state index contributed by atoms with van der Waals surface area (Å²) in [6.07, 6.45) is 2.88. The topological polar surface area (TPSA) is 62.7 Å². The Morgan fingerprint density at radius 2 is 2.27 bits per heavy atom. The summed E-state index contributed by atoms with van der Waals surface area (Å²) in [6, 6.07) is 3.67. The maximum absolute atomic E-state index is 12.8. The number of ether oxygens (including phenoxy) is 1. The van der Waals surface area contributed by atoms with Gasteiger partial charge >= 0.3 is 6.09 Å². The van der Waals surface area contributed by atoms with Crippen LogP contribution < -0.4 is 4.90 Å². The Hall–Kier alpha value is -1.63. The fraction of sp³-hybridized carbons (Fsp3) is 0.533. The van der Waals surface area contributed by atoms with Crippen LogP contribution in [0.4, 0.5) is 10.6 Å². The van der Waals surface area contributed by atoms with E-state index in [-0.39, 0.29) is 17.9 Å². The molecule has 1 aromatic rings. The number of carbonyl (C=O) groups is 2. The lowest BCUT2D eigenvalue weighted by Gasteiger charge is -2.33. The zero-order valence-electron chi connectivity index (χ0n) is 12.8. The molecule has 1 aliphatic heterocycles. The minimum Gasteiger partial charge on any atom is -0.453 e. The first kappa shape index (κ1) is 16.7. The van der Waals surface area contributed by atoms with Crippen molar-refractivity contribution >= 4 is 33.7 Å². The Kier molecular flexibility index (Phi) is 5.76. The average molecular weight is 370 g/mol. The fourth-order valence-electron chi connectivity index (χ4n) is 2.65. The lowest BCUT2D eigenvalue weighted by Crippen LogP contribution is -2.47. The summed E-state index contributed by atoms with van der Waals surface area (Å²) >= 11 is 3.34. The summed E-state index contributed by atoms with van der Waals surface area (Å²) in [4.78, 5) is 32.0. The molecule has 1 saturated heterocycles. The van der Waals surface area contributed by atoms with E-state index in [9.17, 15) is 9.59 Å². The molecule has 1 fully saturated rings. The summed E-state index contributed by atoms with van der Waals surface area (Å²) in [6.45, 7) is 3.50. The first-order valence-electron chi connectivity index (χ1n) is 7.32. The van der Waals surface area contributed by atoms with Crippen LogP contribution in [0.2, 0.25) is 0 Å². The van der Waals surface area contributed by atoms with E-state index in [1.54, 1.807) is 16.0 Å². The van der Waals surface area contributed by atoms with Crippen LogP contribution >= 0.6 is 15.9 Å². The van der Waals surface area contributed by atoms with E-state index in [0.717, 1.165) is 17.3 Å². The van der Waals surface area contributed by atoms with Crippen LogP contribution in [0.1, 0.15) is 19.8 Å². The molecule has 1 unspecified atom stereocenters. The highest BCUT2D eigenvalue weighted by molar-refractivity contribution is 9.10. The molecule has 0 aliphatic carbocycles. The van der Waals surface area contributed by atoms with E-state index >= 15 is 0 Å². The van der Waals surface area contributed by atoms with Gasteiger partial charge in [0, 0.05) is 30.3 Å². The number of anilines is 1. The minimum atomic E-state index is -0.373. The summed E-state index contributed by atoms with van der Waals surface area (Å²) in [7, 11) is 1.36. The number of piperidine rings is 1. The van der Waals surface area contributed by atoms with Gasteiger partial charge < -0.3 is 9.64 Å². The Balaban J connectivity index is 2.10. The third-order valence-electron chi connectivity index (χ3n) is 3.77. The van der Waals surface area contributed by atoms with Crippen molar-refractivity contribution in [1.82, 2.24) is 9.88 Å². The average Bonchev–Trinajstić information content (AvgIpc) is 2.56. The Morgan fingerprint density at radius 3 is 2.86 bits per heavy atom. The zero-order valence-corrected chi connectivity index (χ0v) is 14.4. The molecule has 0 radical (unpaired) electrons. The molecule has 2 rings (SSSR count). The highest BCUT2D eigenvalue weighted by atomic mass is 79.9. The third-order valence-corrected chi connectivity index (χ3v) is 4.24. The Bertz CT molecular complexity index is 535. The quantitative estimate of drug-likeness (QED) is 0.821. The van der Waals surface area contributed by atoms with Gasteiger partial charge in [0.25, 0.3) is 0 Å². The number of halogens is 1. The second-order valence-electron chi connectivity index (χ2n) is 5.17. The van der Waals surface area contributed by atoms with Crippen molar-refractivity contribution in [3.05, 3.63) is 22.8 Å². The van der Waals surface area contributed by atoms with Crippen LogP contribution in [0.15, 0.2) is 22.8 Å². The van der Waals surface area contributed by atoms with E-state index < -0.39 is 0 Å². The maximum atomic E-state index is 12.8. The molecule has 22 heavy (non-hydrogen) atoms. The summed E-state index contributed by atoms with van der Waals surface area (Å²) in [5.74, 6) is 0.426. The van der Waals surface area contributed by atoms with Gasteiger partial charge in [0.1, 0.15) is 5.82 Å². The van der Waals surface area contributed by atoms with Crippen molar-refractivity contribution in [2.75, 3.05) is 31.6 Å². The van der Waals surface area contributed by atoms with Crippen LogP contribution in [-0.4, -0.2) is 48.6 Å². The van der Waals surface area contributed by atoms with Crippen LogP contribution in [0, 0.1) is 5.92 Å². The van der Waals surface area contributed by atoms with Crippen molar-refractivity contribution < 1.29 is 14.3 Å². The molecule has 2 heterocycles. The van der Waals surface area contributed by atoms with Gasteiger partial charge in [-0.3, -0.25) is 9.69 Å². The smallest absolute Gasteiger partial charge is 0.409 e. The number of amides is 2. The Morgan fingerprint density at radius 1 is 1.50 bits per heavy atom. The second kappa shape index (κ2) is 7.58. The van der Waals surface area contributed by atoms with Crippen LogP contribution in [0.3, 0.4) is 0 Å². The molecule has 0 aromatic carbocycles.